The number of hydrogen-bond donors (Lipinski definition) is 16. The fourth-order valence-corrected chi connectivity index (χ4v) is 11.4. The van der Waals surface area contributed by atoms with E-state index in [9.17, 15) is 89.6 Å². The number of unbranched alkanes of at least 4 members (excludes halogenated alkanes) is 13. The van der Waals surface area contributed by atoms with Crippen LogP contribution in [-0.2, 0) is 74.0 Å². The second kappa shape index (κ2) is 47.3. The number of sulfonamides is 1. The molecule has 0 aromatic heterocycles. The van der Waals surface area contributed by atoms with Crippen LogP contribution >= 0.6 is 0 Å². The van der Waals surface area contributed by atoms with Gasteiger partial charge >= 0.3 is 12.1 Å². The van der Waals surface area contributed by atoms with Crippen LogP contribution in [0.3, 0.4) is 0 Å². The zero-order valence-electron chi connectivity index (χ0n) is 55.7. The Balaban J connectivity index is 0.0000121. The van der Waals surface area contributed by atoms with Gasteiger partial charge < -0.3 is 85.9 Å². The molecule has 11 amide bonds. The van der Waals surface area contributed by atoms with E-state index in [0.717, 1.165) is 36.4 Å². The van der Waals surface area contributed by atoms with Crippen molar-refractivity contribution in [2.45, 2.75) is 224 Å². The Morgan fingerprint density at radius 1 is 0.562 bits per heavy atom. The van der Waals surface area contributed by atoms with E-state index in [1.54, 1.807) is 58.0 Å². The number of carboxylic acid groups (broad SMARTS) is 1. The Labute approximate surface area is 558 Å². The van der Waals surface area contributed by atoms with Crippen LogP contribution in [0.25, 0.3) is 0 Å². The van der Waals surface area contributed by atoms with Crippen LogP contribution < -0.4 is 65.5 Å². The number of rotatable bonds is 49. The summed E-state index contributed by atoms with van der Waals surface area (Å²) in [6, 6.07) is -5.41. The SMILES string of the molecule is CCCCCCCCCCCCCCCCN([C@@H](CO)C(=O)N[C@@H](CO)C(N)=O)S(=O)(=O)C[C@H](CC(C)C)NC(=O)[C@@H](NC(=O)[C@H](C)NC(=O)CNC(=O)[C@H](Cc1ccccc1)NC(=O)[C@H](CC(N)=O)NC(=O)[C@H](CC(N)=O)NC(=O)[C@@H](N)CO)[C@@H](C)CC.O=C(O)C(F)(F)F. The number of carbonyl (C=O) groups excluding carboxylic acids is 11. The minimum absolute atomic E-state index is 0.101. The number of benzene rings is 1. The minimum atomic E-state index is -5.08. The van der Waals surface area contributed by atoms with E-state index < -0.39 is 192 Å². The van der Waals surface area contributed by atoms with Gasteiger partial charge in [-0.2, -0.15) is 17.5 Å². The standard InChI is InChI=1S/C59H103N13O16S.C2HF3O2/c1-7-9-10-11-12-13-14-15-16-17-18-19-20-24-27-72(47(35-75)58(85)70-46(34-74)52(63)79)89(87,88)36-41(28-37(3)4)66-59(86)51(38(5)8-2)71-53(80)39(6)65-50(78)32-64-55(82)43(29-40-25-22-21-23-26-40)68-57(84)45(31-49(62)77)69-56(83)44(30-48(61)76)67-54(81)42(60)33-73;3-2(4,5)1(6)7/h21-23,25-26,37-39,41-47,51,73-75H,7-20,24,27-36,60H2,1-6H3,(H2,61,76)(H2,62,77)(H2,63,79)(H,64,82)(H,65,78)(H,66,86)(H,67,81)(H,68,84)(H,69,83)(H,70,85)(H,71,80);(H,6,7)/t38-,39-,41-,42-,43-,44-,45-,46-,47-,51-;/m0./s1. The fourth-order valence-electron chi connectivity index (χ4n) is 9.52. The topological polar surface area (TPSA) is 523 Å². The number of halogens is 3. The lowest BCUT2D eigenvalue weighted by atomic mass is 9.97. The van der Waals surface area contributed by atoms with E-state index in [4.69, 9.17) is 32.8 Å². The first kappa shape index (κ1) is 88.4. The molecule has 96 heavy (non-hydrogen) atoms. The highest BCUT2D eigenvalue weighted by molar-refractivity contribution is 7.89. The molecular formula is C61H104F3N13O18S. The molecule has 0 radical (unpaired) electrons. The van der Waals surface area contributed by atoms with Gasteiger partial charge in [0.1, 0.15) is 48.3 Å². The van der Waals surface area contributed by atoms with Crippen molar-refractivity contribution in [1.82, 2.24) is 46.8 Å². The molecule has 1 rings (SSSR count). The fraction of sp³-hybridized carbons (Fsp3) is 0.705. The molecule has 1 aromatic carbocycles. The Hall–Kier alpha value is -7.60. The molecule has 0 heterocycles. The smallest absolute Gasteiger partial charge is 0.475 e. The van der Waals surface area contributed by atoms with Gasteiger partial charge in [-0.1, -0.05) is 155 Å². The molecule has 20 N–H and O–H groups in total. The number of nitrogens with two attached hydrogens (primary N) is 4. The van der Waals surface area contributed by atoms with Gasteiger partial charge in [0.15, 0.2) is 0 Å². The molecule has 31 nitrogen and oxygen atoms in total. The summed E-state index contributed by atoms with van der Waals surface area (Å²) in [5.74, 6) is -15.5. The van der Waals surface area contributed by atoms with Crippen molar-refractivity contribution in [3.8, 4) is 0 Å². The summed E-state index contributed by atoms with van der Waals surface area (Å²) in [6.07, 6.45) is 7.98. The molecule has 0 aliphatic rings. The summed E-state index contributed by atoms with van der Waals surface area (Å²) in [5.41, 5.74) is 22.0. The van der Waals surface area contributed by atoms with Crippen LogP contribution in [0.15, 0.2) is 30.3 Å². The number of carbonyl (C=O) groups is 12. The maximum Gasteiger partial charge on any atom is 0.490 e. The molecule has 10 atom stereocenters. The number of amides is 11. The summed E-state index contributed by atoms with van der Waals surface area (Å²) in [5, 5.41) is 55.9. The van der Waals surface area contributed by atoms with Crippen molar-refractivity contribution in [2.75, 3.05) is 38.7 Å². The number of aliphatic carboxylic acids is 1. The van der Waals surface area contributed by atoms with Crippen molar-refractivity contribution in [1.29, 1.82) is 0 Å². The molecule has 35 heteroatoms. The van der Waals surface area contributed by atoms with E-state index in [0.29, 0.717) is 24.8 Å². The number of aliphatic hydroxyl groups excluding tert-OH is 3. The number of hydrogen-bond acceptors (Lipinski definition) is 18. The van der Waals surface area contributed by atoms with Crippen molar-refractivity contribution >= 4 is 81.0 Å². The van der Waals surface area contributed by atoms with E-state index in [1.807, 2.05) is 0 Å². The summed E-state index contributed by atoms with van der Waals surface area (Å²) in [7, 11) is -4.55. The first-order chi connectivity index (χ1) is 45.0. The molecule has 0 saturated carbocycles. The zero-order chi connectivity index (χ0) is 73.3. The lowest BCUT2D eigenvalue weighted by molar-refractivity contribution is -0.192. The highest BCUT2D eigenvalue weighted by Gasteiger charge is 2.40. The van der Waals surface area contributed by atoms with Crippen LogP contribution in [0.2, 0.25) is 0 Å². The van der Waals surface area contributed by atoms with Gasteiger partial charge in [-0.05, 0) is 37.2 Å². The molecule has 0 spiro atoms. The van der Waals surface area contributed by atoms with Crippen molar-refractivity contribution in [3.05, 3.63) is 35.9 Å². The number of carboxylic acids is 1. The van der Waals surface area contributed by atoms with Crippen LogP contribution in [0.1, 0.15) is 163 Å². The second-order valence-corrected chi connectivity index (χ2v) is 25.8. The van der Waals surface area contributed by atoms with E-state index in [-0.39, 0.29) is 25.3 Å². The predicted molar refractivity (Wildman–Crippen MR) is 346 cm³/mol. The number of nitrogens with zero attached hydrogens (tertiary/aromatic N) is 1. The first-order valence-corrected chi connectivity index (χ1v) is 33.8. The predicted octanol–water partition coefficient (Wildman–Crippen LogP) is -1.49. The Kier molecular flexibility index (Phi) is 43.6. The Morgan fingerprint density at radius 2 is 1.03 bits per heavy atom. The summed E-state index contributed by atoms with van der Waals surface area (Å²) in [6.45, 7) is 6.80. The van der Waals surface area contributed by atoms with Crippen LogP contribution in [0.5, 0.6) is 0 Å². The summed E-state index contributed by atoms with van der Waals surface area (Å²) in [4.78, 5) is 153. The van der Waals surface area contributed by atoms with Crippen molar-refractivity contribution in [2.24, 2.45) is 34.8 Å². The number of alkyl halides is 3. The van der Waals surface area contributed by atoms with Crippen molar-refractivity contribution < 1.29 is 99.5 Å². The first-order valence-electron chi connectivity index (χ1n) is 32.2. The van der Waals surface area contributed by atoms with Crippen LogP contribution in [0, 0.1) is 11.8 Å². The molecular weight excluding hydrogens is 1290 g/mol. The molecule has 0 bridgehead atoms. The van der Waals surface area contributed by atoms with Gasteiger partial charge in [0.25, 0.3) is 0 Å². The normalized spacial score (nSPS) is 14.6. The Bertz CT molecular complexity index is 2740. The third-order valence-electron chi connectivity index (χ3n) is 15.0. The third kappa shape index (κ3) is 37.1. The molecule has 0 fully saturated rings. The molecule has 0 saturated heterocycles. The molecule has 548 valence electrons. The molecule has 1 aromatic rings. The highest BCUT2D eigenvalue weighted by Crippen LogP contribution is 2.20. The maximum absolute atomic E-state index is 14.6. The van der Waals surface area contributed by atoms with Gasteiger partial charge in [0.05, 0.1) is 45.0 Å². The lowest BCUT2D eigenvalue weighted by Gasteiger charge is -2.32. The average molecular weight is 1400 g/mol. The lowest BCUT2D eigenvalue weighted by Crippen LogP contribution is -2.60. The van der Waals surface area contributed by atoms with Gasteiger partial charge in [-0.15, -0.1) is 0 Å². The molecule has 0 aliphatic carbocycles. The monoisotopic (exact) mass is 1400 g/mol. The quantitative estimate of drug-likeness (QED) is 0.0330. The number of aliphatic hydroxyl groups is 3. The van der Waals surface area contributed by atoms with E-state index in [2.05, 4.69) is 49.5 Å². The average Bonchev–Trinajstić information content (AvgIpc) is 0.873. The van der Waals surface area contributed by atoms with Crippen LogP contribution in [-0.4, -0.2) is 203 Å². The second-order valence-electron chi connectivity index (χ2n) is 23.8. The van der Waals surface area contributed by atoms with Crippen molar-refractivity contribution in [3.63, 3.8) is 0 Å². The van der Waals surface area contributed by atoms with Gasteiger partial charge in [-0.25, -0.2) is 13.2 Å². The third-order valence-corrected chi connectivity index (χ3v) is 17.0. The molecule has 0 unspecified atom stereocenters. The largest absolute Gasteiger partial charge is 0.490 e. The van der Waals surface area contributed by atoms with E-state index in [1.165, 1.54) is 51.9 Å². The minimum Gasteiger partial charge on any atom is -0.475 e. The zero-order valence-corrected chi connectivity index (χ0v) is 56.5. The summed E-state index contributed by atoms with van der Waals surface area (Å²) < 4.78 is 61.7. The highest BCUT2D eigenvalue weighted by atomic mass is 32.2. The van der Waals surface area contributed by atoms with Gasteiger partial charge in [-0.3, -0.25) is 52.7 Å². The summed E-state index contributed by atoms with van der Waals surface area (Å²) >= 11 is 0. The van der Waals surface area contributed by atoms with Crippen LogP contribution in [0.4, 0.5) is 13.2 Å². The molecule has 0 aliphatic heterocycles. The number of primary amides is 3. The van der Waals surface area contributed by atoms with Gasteiger partial charge in [0, 0.05) is 19.0 Å². The maximum atomic E-state index is 14.6. The van der Waals surface area contributed by atoms with E-state index >= 15 is 0 Å². The van der Waals surface area contributed by atoms with Gasteiger partial charge in [0.2, 0.25) is 75.0 Å². The Morgan fingerprint density at radius 3 is 1.46 bits per heavy atom. The number of nitrogens with one attached hydrogen (secondary N) is 8.